The van der Waals surface area contributed by atoms with Crippen molar-refractivity contribution in [1.82, 2.24) is 9.38 Å². The zero-order valence-corrected chi connectivity index (χ0v) is 14.8. The molecule has 2 aromatic carbocycles. The van der Waals surface area contributed by atoms with Gasteiger partial charge in [0.2, 0.25) is 0 Å². The van der Waals surface area contributed by atoms with E-state index in [1.807, 2.05) is 54.0 Å². The summed E-state index contributed by atoms with van der Waals surface area (Å²) in [5.74, 6) is -0.409. The normalized spacial score (nSPS) is 11.2. The third-order valence-corrected chi connectivity index (χ3v) is 4.92. The number of aromatic nitrogens is 2. The maximum atomic E-state index is 14.0. The number of hydrogen-bond donors (Lipinski definition) is 1. The molecule has 130 valence electrons. The molecule has 0 atom stereocenters. The van der Waals surface area contributed by atoms with Gasteiger partial charge in [0.05, 0.1) is 12.3 Å². The molecule has 0 saturated heterocycles. The molecule has 0 fully saturated rings. The summed E-state index contributed by atoms with van der Waals surface area (Å²) < 4.78 is 15.9. The monoisotopic (exact) mass is 366 g/mol. The topological polar surface area (TPSA) is 37.5 Å². The van der Waals surface area contributed by atoms with Crippen molar-refractivity contribution < 1.29 is 9.50 Å². The fraction of sp³-hybridized carbons (Fsp3) is 0.0952. The first-order valence-corrected chi connectivity index (χ1v) is 8.58. The number of aliphatic hydroxyl groups excluding tert-OH is 1. The molecule has 3 nitrogen and oxygen atoms in total. The van der Waals surface area contributed by atoms with Crippen LogP contribution in [0.4, 0.5) is 4.39 Å². The molecule has 2 heterocycles. The van der Waals surface area contributed by atoms with E-state index >= 15 is 0 Å². The molecule has 26 heavy (non-hydrogen) atoms. The first-order chi connectivity index (χ1) is 12.6. The van der Waals surface area contributed by atoms with Crippen LogP contribution in [-0.2, 0) is 6.61 Å². The standard InChI is InChI=1S/C21H16ClFN2O/c1-13-9-14(5-7-18(13)22)20-11-25-10-15(6-8-21(25)24-20)16-3-2-4-19(23)17(16)12-26/h2-11,26H,12H2,1H3. The minimum Gasteiger partial charge on any atom is -0.392 e. The van der Waals surface area contributed by atoms with Crippen molar-refractivity contribution in [2.75, 3.05) is 0 Å². The molecule has 0 aliphatic rings. The fourth-order valence-electron chi connectivity index (χ4n) is 3.08. The van der Waals surface area contributed by atoms with Gasteiger partial charge in [-0.2, -0.15) is 0 Å². The van der Waals surface area contributed by atoms with E-state index in [9.17, 15) is 9.50 Å². The van der Waals surface area contributed by atoms with Crippen LogP contribution in [0.1, 0.15) is 11.1 Å². The lowest BCUT2D eigenvalue weighted by molar-refractivity contribution is 0.276. The molecule has 1 N–H and O–H groups in total. The first kappa shape index (κ1) is 16.8. The Morgan fingerprint density at radius 1 is 1.08 bits per heavy atom. The van der Waals surface area contributed by atoms with Gasteiger partial charge in [-0.3, -0.25) is 0 Å². The van der Waals surface area contributed by atoms with Crippen molar-refractivity contribution in [2.24, 2.45) is 0 Å². The van der Waals surface area contributed by atoms with Gasteiger partial charge >= 0.3 is 0 Å². The number of aryl methyl sites for hydroxylation is 1. The van der Waals surface area contributed by atoms with Crippen LogP contribution in [0.3, 0.4) is 0 Å². The number of fused-ring (bicyclic) bond motifs is 1. The molecule has 0 saturated carbocycles. The SMILES string of the molecule is Cc1cc(-c2cn3cc(-c4cccc(F)c4CO)ccc3n2)ccc1Cl. The minimum absolute atomic E-state index is 0.292. The Balaban J connectivity index is 1.82. The van der Waals surface area contributed by atoms with Crippen molar-refractivity contribution in [3.05, 3.63) is 82.9 Å². The lowest BCUT2D eigenvalue weighted by atomic mass is 10.0. The molecule has 0 amide bonds. The Labute approximate surface area is 155 Å². The Kier molecular flexibility index (Phi) is 4.23. The van der Waals surface area contributed by atoms with Crippen molar-refractivity contribution in [1.29, 1.82) is 0 Å². The van der Waals surface area contributed by atoms with Gasteiger partial charge < -0.3 is 9.51 Å². The maximum Gasteiger partial charge on any atom is 0.137 e. The average Bonchev–Trinajstić information content (AvgIpc) is 3.07. The van der Waals surface area contributed by atoms with Crippen LogP contribution in [0, 0.1) is 12.7 Å². The summed E-state index contributed by atoms with van der Waals surface area (Å²) in [7, 11) is 0. The highest BCUT2D eigenvalue weighted by Crippen LogP contribution is 2.28. The van der Waals surface area contributed by atoms with Crippen LogP contribution >= 0.6 is 11.6 Å². The van der Waals surface area contributed by atoms with E-state index in [0.717, 1.165) is 33.1 Å². The Morgan fingerprint density at radius 2 is 1.88 bits per heavy atom. The summed E-state index contributed by atoms with van der Waals surface area (Å²) >= 11 is 6.10. The highest BCUT2D eigenvalue weighted by atomic mass is 35.5. The second-order valence-electron chi connectivity index (χ2n) is 6.20. The summed E-state index contributed by atoms with van der Waals surface area (Å²) in [5.41, 5.74) is 5.39. The second-order valence-corrected chi connectivity index (χ2v) is 6.60. The van der Waals surface area contributed by atoms with Crippen molar-refractivity contribution in [3.8, 4) is 22.4 Å². The van der Waals surface area contributed by atoms with Gasteiger partial charge in [-0.25, -0.2) is 9.37 Å². The van der Waals surface area contributed by atoms with Crippen molar-refractivity contribution in [2.45, 2.75) is 13.5 Å². The van der Waals surface area contributed by atoms with Crippen LogP contribution in [0.2, 0.25) is 5.02 Å². The smallest absolute Gasteiger partial charge is 0.137 e. The fourth-order valence-corrected chi connectivity index (χ4v) is 3.20. The van der Waals surface area contributed by atoms with Gasteiger partial charge in [0.15, 0.2) is 0 Å². The van der Waals surface area contributed by atoms with E-state index in [-0.39, 0.29) is 6.61 Å². The Bertz CT molecular complexity index is 1120. The summed E-state index contributed by atoms with van der Waals surface area (Å²) in [6.07, 6.45) is 3.82. The number of halogens is 2. The highest BCUT2D eigenvalue weighted by Gasteiger charge is 2.11. The lowest BCUT2D eigenvalue weighted by Crippen LogP contribution is -1.95. The van der Waals surface area contributed by atoms with Crippen LogP contribution in [0.25, 0.3) is 28.0 Å². The minimum atomic E-state index is -0.409. The van der Waals surface area contributed by atoms with Gasteiger partial charge in [0, 0.05) is 28.5 Å². The largest absolute Gasteiger partial charge is 0.392 e. The maximum absolute atomic E-state index is 14.0. The van der Waals surface area contributed by atoms with Gasteiger partial charge in [-0.15, -0.1) is 0 Å². The third-order valence-electron chi connectivity index (χ3n) is 4.49. The number of rotatable bonds is 3. The molecule has 0 radical (unpaired) electrons. The van der Waals surface area contributed by atoms with Gasteiger partial charge in [-0.1, -0.05) is 29.8 Å². The molecule has 0 unspecified atom stereocenters. The van der Waals surface area contributed by atoms with E-state index in [0.29, 0.717) is 11.1 Å². The molecule has 2 aromatic heterocycles. The molecular formula is C21H16ClFN2O. The molecule has 0 aliphatic carbocycles. The highest BCUT2D eigenvalue weighted by molar-refractivity contribution is 6.31. The number of hydrogen-bond acceptors (Lipinski definition) is 2. The predicted octanol–water partition coefficient (Wildman–Crippen LogP) is 5.26. The Morgan fingerprint density at radius 3 is 2.65 bits per heavy atom. The van der Waals surface area contributed by atoms with Crippen LogP contribution in [0.15, 0.2) is 60.9 Å². The van der Waals surface area contributed by atoms with E-state index in [1.165, 1.54) is 6.07 Å². The number of benzene rings is 2. The average molecular weight is 367 g/mol. The molecule has 4 rings (SSSR count). The molecule has 0 spiro atoms. The van der Waals surface area contributed by atoms with E-state index < -0.39 is 5.82 Å². The quantitative estimate of drug-likeness (QED) is 0.537. The second kappa shape index (κ2) is 6.56. The molecule has 0 bridgehead atoms. The number of aliphatic hydroxyl groups is 1. The molecule has 4 aromatic rings. The van der Waals surface area contributed by atoms with Crippen molar-refractivity contribution >= 4 is 17.2 Å². The van der Waals surface area contributed by atoms with Crippen LogP contribution < -0.4 is 0 Å². The van der Waals surface area contributed by atoms with Gasteiger partial charge in [0.25, 0.3) is 0 Å². The zero-order valence-electron chi connectivity index (χ0n) is 14.1. The Hall–Kier alpha value is -2.69. The molecule has 0 aliphatic heterocycles. The summed E-state index contributed by atoms with van der Waals surface area (Å²) in [6.45, 7) is 1.61. The van der Waals surface area contributed by atoms with E-state index in [4.69, 9.17) is 11.6 Å². The molecule has 5 heteroatoms. The van der Waals surface area contributed by atoms with Gasteiger partial charge in [-0.05, 0) is 53.9 Å². The number of nitrogens with zero attached hydrogens (tertiary/aromatic N) is 2. The van der Waals surface area contributed by atoms with Crippen LogP contribution in [-0.4, -0.2) is 14.5 Å². The van der Waals surface area contributed by atoms with Crippen molar-refractivity contribution in [3.63, 3.8) is 0 Å². The first-order valence-electron chi connectivity index (χ1n) is 8.21. The summed E-state index contributed by atoms with van der Waals surface area (Å²) in [4.78, 5) is 4.65. The van der Waals surface area contributed by atoms with E-state index in [1.54, 1.807) is 12.1 Å². The summed E-state index contributed by atoms with van der Waals surface area (Å²) in [6, 6.07) is 14.4. The van der Waals surface area contributed by atoms with Gasteiger partial charge in [0.1, 0.15) is 11.5 Å². The summed E-state index contributed by atoms with van der Waals surface area (Å²) in [5, 5.41) is 10.2. The number of pyridine rings is 1. The predicted molar refractivity (Wildman–Crippen MR) is 102 cm³/mol. The molecular weight excluding hydrogens is 351 g/mol. The number of imidazole rings is 1. The zero-order chi connectivity index (χ0) is 18.3. The lowest BCUT2D eigenvalue weighted by Gasteiger charge is -2.09. The van der Waals surface area contributed by atoms with Crippen LogP contribution in [0.5, 0.6) is 0 Å². The third kappa shape index (κ3) is 2.87. The van der Waals surface area contributed by atoms with E-state index in [2.05, 4.69) is 4.98 Å².